The fraction of sp³-hybridized carbons (Fsp3) is 0.188. The van der Waals surface area contributed by atoms with E-state index in [0.717, 1.165) is 0 Å². The quantitative estimate of drug-likeness (QED) is 0.761. The lowest BCUT2D eigenvalue weighted by molar-refractivity contribution is 0.318. The third-order valence-corrected chi connectivity index (χ3v) is 4.76. The summed E-state index contributed by atoms with van der Waals surface area (Å²) in [4.78, 5) is 0.664. The van der Waals surface area contributed by atoms with Crippen molar-refractivity contribution < 1.29 is 8.95 Å². The van der Waals surface area contributed by atoms with Gasteiger partial charge < -0.3 is 4.74 Å². The van der Waals surface area contributed by atoms with Gasteiger partial charge in [-0.2, -0.15) is 5.26 Å². The van der Waals surface area contributed by atoms with E-state index in [1.165, 1.54) is 0 Å². The van der Waals surface area contributed by atoms with Gasteiger partial charge in [0.15, 0.2) is 0 Å². The van der Waals surface area contributed by atoms with Crippen LogP contribution in [0, 0.1) is 11.3 Å². The highest BCUT2D eigenvalue weighted by Gasteiger charge is 2.07. The van der Waals surface area contributed by atoms with Crippen molar-refractivity contribution in [1.29, 1.82) is 5.26 Å². The molecule has 0 aliphatic heterocycles. The van der Waals surface area contributed by atoms with E-state index >= 15 is 0 Å². The molecule has 1 atom stereocenters. The number of rotatable bonds is 6. The molecule has 1 unspecified atom stereocenters. The van der Waals surface area contributed by atoms with E-state index in [0.29, 0.717) is 40.0 Å². The first-order valence-electron chi connectivity index (χ1n) is 6.46. The van der Waals surface area contributed by atoms with Crippen molar-refractivity contribution in [2.75, 3.05) is 12.4 Å². The van der Waals surface area contributed by atoms with Crippen LogP contribution in [0.25, 0.3) is 0 Å². The lowest BCUT2D eigenvalue weighted by Gasteiger charge is -2.07. The lowest BCUT2D eigenvalue weighted by atomic mass is 10.2. The van der Waals surface area contributed by atoms with E-state index < -0.39 is 10.8 Å². The average Bonchev–Trinajstić information content (AvgIpc) is 2.52. The smallest absolute Gasteiger partial charge is 0.119 e. The van der Waals surface area contributed by atoms with Gasteiger partial charge in [0.1, 0.15) is 5.75 Å². The van der Waals surface area contributed by atoms with Crippen molar-refractivity contribution in [2.24, 2.45) is 0 Å². The molecule has 21 heavy (non-hydrogen) atoms. The number of halogens is 1. The highest BCUT2D eigenvalue weighted by atomic mass is 35.5. The van der Waals surface area contributed by atoms with Gasteiger partial charge in [0.2, 0.25) is 0 Å². The minimum atomic E-state index is -1.11. The second-order valence-corrected chi connectivity index (χ2v) is 6.26. The summed E-state index contributed by atoms with van der Waals surface area (Å²) in [5.41, 5.74) is 0.599. The van der Waals surface area contributed by atoms with Crippen molar-refractivity contribution in [2.45, 2.75) is 11.3 Å². The Labute approximate surface area is 131 Å². The maximum Gasteiger partial charge on any atom is 0.119 e. The van der Waals surface area contributed by atoms with E-state index in [-0.39, 0.29) is 0 Å². The fourth-order valence-corrected chi connectivity index (χ4v) is 3.25. The minimum Gasteiger partial charge on any atom is -0.494 e. The van der Waals surface area contributed by atoms with E-state index in [1.54, 1.807) is 36.4 Å². The molecule has 108 valence electrons. The SMILES string of the molecule is N#Cc1ccc(OCCCS(=O)c2ccccc2Cl)cc1. The zero-order chi connectivity index (χ0) is 15.1. The normalized spacial score (nSPS) is 11.6. The van der Waals surface area contributed by atoms with Crippen LogP contribution in [0.1, 0.15) is 12.0 Å². The maximum absolute atomic E-state index is 12.1. The van der Waals surface area contributed by atoms with Gasteiger partial charge in [0.25, 0.3) is 0 Å². The van der Waals surface area contributed by atoms with Crippen LogP contribution in [0.15, 0.2) is 53.4 Å². The molecular formula is C16H14ClNO2S. The molecule has 5 heteroatoms. The van der Waals surface area contributed by atoms with Crippen molar-refractivity contribution >= 4 is 22.4 Å². The van der Waals surface area contributed by atoms with Gasteiger partial charge in [-0.25, -0.2) is 0 Å². The lowest BCUT2D eigenvalue weighted by Crippen LogP contribution is -2.05. The third kappa shape index (κ3) is 4.59. The molecule has 0 N–H and O–H groups in total. The summed E-state index contributed by atoms with van der Waals surface area (Å²) in [6, 6.07) is 16.1. The zero-order valence-corrected chi connectivity index (χ0v) is 12.9. The Bertz CT molecular complexity index is 665. The molecule has 0 spiro atoms. The Kier molecular flexibility index (Phi) is 5.79. The van der Waals surface area contributed by atoms with E-state index in [4.69, 9.17) is 21.6 Å². The van der Waals surface area contributed by atoms with Crippen LogP contribution in [0.4, 0.5) is 0 Å². The predicted octanol–water partition coefficient (Wildman–Crippen LogP) is 3.79. The number of benzene rings is 2. The Balaban J connectivity index is 1.78. The van der Waals surface area contributed by atoms with Gasteiger partial charge in [-0.15, -0.1) is 0 Å². The fourth-order valence-electron chi connectivity index (χ4n) is 1.75. The Morgan fingerprint density at radius 1 is 1.14 bits per heavy atom. The van der Waals surface area contributed by atoms with E-state index in [1.807, 2.05) is 12.1 Å². The number of hydrogen-bond acceptors (Lipinski definition) is 3. The summed E-state index contributed by atoms with van der Waals surface area (Å²) in [6.07, 6.45) is 0.665. The van der Waals surface area contributed by atoms with Crippen LogP contribution < -0.4 is 4.74 Å². The second-order valence-electron chi connectivity index (χ2n) is 4.32. The number of nitriles is 1. The summed E-state index contributed by atoms with van der Waals surface area (Å²) < 4.78 is 17.6. The first-order valence-corrected chi connectivity index (χ1v) is 8.16. The van der Waals surface area contributed by atoms with Crippen molar-refractivity contribution in [3.63, 3.8) is 0 Å². The number of hydrogen-bond donors (Lipinski definition) is 0. The molecule has 0 radical (unpaired) electrons. The molecule has 3 nitrogen and oxygen atoms in total. The Morgan fingerprint density at radius 3 is 2.52 bits per heavy atom. The van der Waals surface area contributed by atoms with Crippen LogP contribution in [0.3, 0.4) is 0 Å². The predicted molar refractivity (Wildman–Crippen MR) is 84.0 cm³/mol. The van der Waals surface area contributed by atoms with Crippen LogP contribution in [-0.2, 0) is 10.8 Å². The molecule has 0 saturated carbocycles. The number of nitrogens with zero attached hydrogens (tertiary/aromatic N) is 1. The monoisotopic (exact) mass is 319 g/mol. The van der Waals surface area contributed by atoms with Crippen LogP contribution in [-0.4, -0.2) is 16.6 Å². The standard InChI is InChI=1S/C16H14ClNO2S/c17-15-4-1-2-5-16(15)21(19)11-3-10-20-14-8-6-13(12-18)7-9-14/h1-2,4-9H,3,10-11H2. The summed E-state index contributed by atoms with van der Waals surface area (Å²) >= 11 is 6.01. The zero-order valence-electron chi connectivity index (χ0n) is 11.3. The van der Waals surface area contributed by atoms with Gasteiger partial charge in [-0.3, -0.25) is 4.21 Å². The Hall–Kier alpha value is -1.83. The molecule has 0 bridgehead atoms. The third-order valence-electron chi connectivity index (χ3n) is 2.81. The van der Waals surface area contributed by atoms with Gasteiger partial charge >= 0.3 is 0 Å². The molecular weight excluding hydrogens is 306 g/mol. The summed E-state index contributed by atoms with van der Waals surface area (Å²) in [5.74, 6) is 1.21. The molecule has 2 rings (SSSR count). The molecule has 0 aromatic heterocycles. The summed E-state index contributed by atoms with van der Waals surface area (Å²) in [5, 5.41) is 9.23. The highest BCUT2D eigenvalue weighted by Crippen LogP contribution is 2.19. The maximum atomic E-state index is 12.1. The molecule has 0 amide bonds. The van der Waals surface area contributed by atoms with Gasteiger partial charge in [0, 0.05) is 5.75 Å². The summed E-state index contributed by atoms with van der Waals surface area (Å²) in [7, 11) is -1.11. The topological polar surface area (TPSA) is 50.1 Å². The first kappa shape index (κ1) is 15.6. The number of ether oxygens (including phenoxy) is 1. The van der Waals surface area contributed by atoms with Gasteiger partial charge in [-0.05, 0) is 42.8 Å². The molecule has 0 aliphatic carbocycles. The van der Waals surface area contributed by atoms with Gasteiger partial charge in [-0.1, -0.05) is 23.7 Å². The molecule has 0 fully saturated rings. The highest BCUT2D eigenvalue weighted by molar-refractivity contribution is 7.85. The molecule has 2 aromatic carbocycles. The van der Waals surface area contributed by atoms with Crippen LogP contribution in [0.5, 0.6) is 5.75 Å². The van der Waals surface area contributed by atoms with E-state index in [2.05, 4.69) is 6.07 Å². The van der Waals surface area contributed by atoms with Crippen LogP contribution in [0.2, 0.25) is 5.02 Å². The van der Waals surface area contributed by atoms with Crippen molar-refractivity contribution in [3.8, 4) is 11.8 Å². The van der Waals surface area contributed by atoms with Crippen molar-refractivity contribution in [3.05, 3.63) is 59.1 Å². The molecule has 0 aliphatic rings. The largest absolute Gasteiger partial charge is 0.494 e. The Morgan fingerprint density at radius 2 is 1.86 bits per heavy atom. The second kappa shape index (κ2) is 7.82. The molecule has 0 heterocycles. The average molecular weight is 320 g/mol. The van der Waals surface area contributed by atoms with Gasteiger partial charge in [0.05, 0.1) is 39.0 Å². The molecule has 0 saturated heterocycles. The van der Waals surface area contributed by atoms with Crippen molar-refractivity contribution in [1.82, 2.24) is 0 Å². The first-order chi connectivity index (χ1) is 10.2. The molecule has 2 aromatic rings. The van der Waals surface area contributed by atoms with E-state index in [9.17, 15) is 4.21 Å². The van der Waals surface area contributed by atoms with Crippen LogP contribution >= 0.6 is 11.6 Å². The summed E-state index contributed by atoms with van der Waals surface area (Å²) in [6.45, 7) is 0.474. The minimum absolute atomic E-state index is 0.474.